The third-order valence-electron chi connectivity index (χ3n) is 1.86. The number of hydrogen-bond acceptors (Lipinski definition) is 1. The fraction of sp³-hybridized carbons (Fsp3) is 0.286. The van der Waals surface area contributed by atoms with Crippen molar-refractivity contribution in [3.63, 3.8) is 0 Å². The maximum Gasteiger partial charge on any atom is 0.511 e. The van der Waals surface area contributed by atoms with Gasteiger partial charge in [0.25, 0.3) is 0 Å². The summed E-state index contributed by atoms with van der Waals surface area (Å²) in [6, 6.07) is -0.250. The number of rotatable bonds is 2. The minimum absolute atomic E-state index is 0.0544. The predicted molar refractivity (Wildman–Crippen MR) is 42.9 cm³/mol. The Kier molecular flexibility index (Phi) is 3.10. The Hall–Kier alpha value is -1.35. The van der Waals surface area contributed by atoms with Gasteiger partial charge in [0.1, 0.15) is 0 Å². The molecule has 0 N–H and O–H groups in total. The van der Waals surface area contributed by atoms with Crippen LogP contribution in [0.4, 0.5) is 34.9 Å². The molecule has 0 fully saturated rings. The van der Waals surface area contributed by atoms with E-state index in [1.165, 1.54) is 0 Å². The molecule has 0 amide bonds. The molecule has 0 radical (unpaired) electrons. The maximum absolute atomic E-state index is 12.7. The lowest BCUT2D eigenvalue weighted by Crippen LogP contribution is -2.38. The van der Waals surface area contributed by atoms with E-state index in [0.717, 1.165) is 0 Å². The second-order valence-corrected chi connectivity index (χ2v) is 3.15. The number of pyridine rings is 1. The molecule has 96 valence electrons. The molecule has 1 nitrogen and oxygen atoms in total. The zero-order chi connectivity index (χ0) is 13.5. The Balaban J connectivity index is 3.26. The lowest BCUT2D eigenvalue weighted by atomic mass is 9.80. The second kappa shape index (κ2) is 3.85. The lowest BCUT2D eigenvalue weighted by Gasteiger charge is -2.22. The summed E-state index contributed by atoms with van der Waals surface area (Å²) in [4.78, 5) is 2.75. The van der Waals surface area contributed by atoms with Crippen LogP contribution in [0.5, 0.6) is 0 Å². The van der Waals surface area contributed by atoms with Gasteiger partial charge < -0.3 is 12.9 Å². The number of halogens is 8. The second-order valence-electron chi connectivity index (χ2n) is 3.15. The third-order valence-corrected chi connectivity index (χ3v) is 1.86. The summed E-state index contributed by atoms with van der Waals surface area (Å²) in [5, 5.41) is 0. The molecular formula is C7H3BF8N-. The molecule has 17 heavy (non-hydrogen) atoms. The Bertz CT molecular complexity index is 409. The Morgan fingerprint density at radius 1 is 0.941 bits per heavy atom. The first-order chi connectivity index (χ1) is 7.46. The van der Waals surface area contributed by atoms with Gasteiger partial charge in [0.05, 0.1) is 0 Å². The zero-order valence-electron chi connectivity index (χ0n) is 7.78. The van der Waals surface area contributed by atoms with E-state index in [1.54, 1.807) is 0 Å². The van der Waals surface area contributed by atoms with Crippen LogP contribution >= 0.6 is 0 Å². The van der Waals surface area contributed by atoms with Crippen molar-refractivity contribution in [1.82, 2.24) is 4.98 Å². The molecule has 0 bridgehead atoms. The molecule has 1 aromatic rings. The summed E-state index contributed by atoms with van der Waals surface area (Å²) in [6.45, 7) is -5.68. The van der Waals surface area contributed by atoms with Crippen LogP contribution in [0.1, 0.15) is 5.56 Å². The van der Waals surface area contributed by atoms with Gasteiger partial charge in [0, 0.05) is 11.8 Å². The van der Waals surface area contributed by atoms with E-state index in [4.69, 9.17) is 0 Å². The van der Waals surface area contributed by atoms with Crippen molar-refractivity contribution < 1.29 is 34.9 Å². The molecule has 0 unspecified atom stereocenters. The molecule has 0 aliphatic carbocycles. The summed E-state index contributed by atoms with van der Waals surface area (Å²) in [6.07, 6.45) is -5.72. The zero-order valence-corrected chi connectivity index (χ0v) is 7.78. The molecule has 0 atom stereocenters. The number of hydrogen-bond donors (Lipinski definition) is 0. The minimum atomic E-state index is -5.97. The number of alkyl halides is 5. The van der Waals surface area contributed by atoms with Crippen LogP contribution in [0, 0.1) is 0 Å². The topological polar surface area (TPSA) is 12.9 Å². The molecule has 0 spiro atoms. The van der Waals surface area contributed by atoms with Gasteiger partial charge in [0.2, 0.25) is 0 Å². The van der Waals surface area contributed by atoms with Crippen molar-refractivity contribution in [2.24, 2.45) is 0 Å². The van der Waals surface area contributed by atoms with Gasteiger partial charge in [-0.1, -0.05) is 11.5 Å². The highest BCUT2D eigenvalue weighted by molar-refractivity contribution is 6.73. The van der Waals surface area contributed by atoms with Crippen LogP contribution in [0.3, 0.4) is 0 Å². The summed E-state index contributed by atoms with van der Waals surface area (Å²) in [7, 11) is 0. The standard InChI is InChI=1S/C7H3BF8N/c9-6(10,7(11,12)13)4-1-5(3-17-2-4)8(14,15)16/h1-3H/q-1. The maximum atomic E-state index is 12.7. The van der Waals surface area contributed by atoms with Crippen LogP contribution in [0.25, 0.3) is 0 Å². The quantitative estimate of drug-likeness (QED) is 0.591. The molecule has 1 heterocycles. The lowest BCUT2D eigenvalue weighted by molar-refractivity contribution is -0.289. The average Bonchev–Trinajstić information content (AvgIpc) is 2.15. The van der Waals surface area contributed by atoms with Gasteiger partial charge >= 0.3 is 19.1 Å². The van der Waals surface area contributed by atoms with Crippen molar-refractivity contribution >= 4 is 12.4 Å². The van der Waals surface area contributed by atoms with Crippen molar-refractivity contribution in [3.05, 3.63) is 24.0 Å². The van der Waals surface area contributed by atoms with E-state index in [9.17, 15) is 34.9 Å². The highest BCUT2D eigenvalue weighted by Crippen LogP contribution is 2.43. The predicted octanol–water partition coefficient (Wildman–Crippen LogP) is 2.79. The summed E-state index contributed by atoms with van der Waals surface area (Å²) >= 11 is 0. The number of nitrogens with zero attached hydrogens (tertiary/aromatic N) is 1. The molecule has 1 aromatic heterocycles. The fourth-order valence-electron chi connectivity index (χ4n) is 0.972. The highest BCUT2D eigenvalue weighted by atomic mass is 19.4. The van der Waals surface area contributed by atoms with Crippen molar-refractivity contribution in [1.29, 1.82) is 0 Å². The Morgan fingerprint density at radius 3 is 1.88 bits per heavy atom. The molecule has 1 rings (SSSR count). The van der Waals surface area contributed by atoms with E-state index in [2.05, 4.69) is 4.98 Å². The van der Waals surface area contributed by atoms with E-state index in [1.807, 2.05) is 0 Å². The van der Waals surface area contributed by atoms with Gasteiger partial charge in [-0.05, 0) is 6.20 Å². The van der Waals surface area contributed by atoms with E-state index in [-0.39, 0.29) is 18.5 Å². The van der Waals surface area contributed by atoms with E-state index in [0.29, 0.717) is 0 Å². The van der Waals surface area contributed by atoms with Gasteiger partial charge in [-0.25, -0.2) is 0 Å². The first-order valence-electron chi connectivity index (χ1n) is 4.06. The van der Waals surface area contributed by atoms with Crippen molar-refractivity contribution in [2.75, 3.05) is 0 Å². The summed E-state index contributed by atoms with van der Waals surface area (Å²) in [5.41, 5.74) is -3.44. The normalized spacial score (nSPS) is 13.9. The van der Waals surface area contributed by atoms with Crippen LogP contribution in [0.15, 0.2) is 18.5 Å². The first kappa shape index (κ1) is 13.7. The van der Waals surface area contributed by atoms with Crippen molar-refractivity contribution in [2.45, 2.75) is 12.1 Å². The highest BCUT2D eigenvalue weighted by Gasteiger charge is 2.59. The van der Waals surface area contributed by atoms with Crippen LogP contribution in [-0.2, 0) is 5.92 Å². The first-order valence-corrected chi connectivity index (χ1v) is 4.06. The monoisotopic (exact) mass is 264 g/mol. The molecule has 10 heteroatoms. The molecule has 0 saturated heterocycles. The molecular weight excluding hydrogens is 261 g/mol. The molecule has 0 saturated carbocycles. The van der Waals surface area contributed by atoms with Crippen LogP contribution < -0.4 is 5.46 Å². The Morgan fingerprint density at radius 2 is 1.47 bits per heavy atom. The van der Waals surface area contributed by atoms with Crippen LogP contribution in [-0.4, -0.2) is 18.1 Å². The van der Waals surface area contributed by atoms with Crippen LogP contribution in [0.2, 0.25) is 0 Å². The van der Waals surface area contributed by atoms with Gasteiger partial charge in [-0.15, -0.1) is 0 Å². The smallest absolute Gasteiger partial charge is 0.445 e. The third kappa shape index (κ3) is 2.67. The SMILES string of the molecule is F[B-](F)(F)c1cncc(C(F)(F)C(F)(F)F)c1. The number of aromatic nitrogens is 1. The fourth-order valence-corrected chi connectivity index (χ4v) is 0.972. The van der Waals surface area contributed by atoms with Gasteiger partial charge in [-0.2, -0.15) is 22.0 Å². The summed E-state index contributed by atoms with van der Waals surface area (Å²) < 4.78 is 97.5. The molecule has 0 aliphatic heterocycles. The minimum Gasteiger partial charge on any atom is -0.445 e. The average molecular weight is 264 g/mol. The molecule has 0 aromatic carbocycles. The Labute approximate surface area is 89.5 Å². The van der Waals surface area contributed by atoms with Gasteiger partial charge in [-0.3, -0.25) is 4.98 Å². The van der Waals surface area contributed by atoms with Crippen molar-refractivity contribution in [3.8, 4) is 0 Å². The molecule has 0 aliphatic rings. The van der Waals surface area contributed by atoms with E-state index >= 15 is 0 Å². The largest absolute Gasteiger partial charge is 0.511 e. The summed E-state index contributed by atoms with van der Waals surface area (Å²) in [5.74, 6) is -5.36. The van der Waals surface area contributed by atoms with E-state index < -0.39 is 30.1 Å². The van der Waals surface area contributed by atoms with Gasteiger partial charge in [0.15, 0.2) is 0 Å².